The molecule has 0 aromatic rings. The van der Waals surface area contributed by atoms with Gasteiger partial charge in [0.1, 0.15) is 12.4 Å². The van der Waals surface area contributed by atoms with Crippen molar-refractivity contribution in [2.24, 2.45) is 0 Å². The lowest BCUT2D eigenvalue weighted by molar-refractivity contribution is 0.0254. The molecule has 0 aliphatic carbocycles. The number of hydrogen-bond acceptors (Lipinski definition) is 3. The number of nitrogens with zero attached hydrogens (tertiary/aromatic N) is 1. The van der Waals surface area contributed by atoms with Gasteiger partial charge in [-0.05, 0) is 45.4 Å². The molecule has 1 aliphatic rings. The summed E-state index contributed by atoms with van der Waals surface area (Å²) in [6, 6.07) is 0. The van der Waals surface area contributed by atoms with E-state index in [9.17, 15) is 5.11 Å². The average Bonchev–Trinajstić information content (AvgIpc) is 2.97. The molecule has 0 saturated carbocycles. The van der Waals surface area contributed by atoms with E-state index >= 15 is 0 Å². The zero-order valence-electron chi connectivity index (χ0n) is 14.6. The van der Waals surface area contributed by atoms with Crippen LogP contribution in [0.1, 0.15) is 84.5 Å². The standard InChI is InChI=1S/C19H36N2O/c1-3-4-5-6-7-8-9-10-11-12-13-14-15-19-20-16-17-21(19)18(2)22/h7-8,16-20,22H,3-6,9-15H2,1-2H3/b8-7+. The van der Waals surface area contributed by atoms with Crippen molar-refractivity contribution in [3.63, 3.8) is 0 Å². The summed E-state index contributed by atoms with van der Waals surface area (Å²) in [7, 11) is 0. The molecule has 128 valence electrons. The fourth-order valence-electron chi connectivity index (χ4n) is 2.93. The third-order valence-corrected chi connectivity index (χ3v) is 4.32. The molecule has 1 aliphatic heterocycles. The Hall–Kier alpha value is -0.960. The molecular formula is C19H36N2O. The maximum atomic E-state index is 9.64. The molecule has 0 saturated heterocycles. The maximum absolute atomic E-state index is 9.64. The third kappa shape index (κ3) is 8.47. The topological polar surface area (TPSA) is 35.5 Å². The number of aliphatic hydroxyl groups excluding tert-OH is 1. The molecule has 2 atom stereocenters. The molecular weight excluding hydrogens is 272 g/mol. The summed E-state index contributed by atoms with van der Waals surface area (Å²) in [6.45, 7) is 4.07. The Morgan fingerprint density at radius 3 is 2.36 bits per heavy atom. The molecule has 2 N–H and O–H groups in total. The lowest BCUT2D eigenvalue weighted by Gasteiger charge is -2.28. The summed E-state index contributed by atoms with van der Waals surface area (Å²) in [4.78, 5) is 1.99. The molecule has 0 spiro atoms. The Morgan fingerprint density at radius 1 is 1.05 bits per heavy atom. The highest BCUT2D eigenvalue weighted by Gasteiger charge is 2.20. The van der Waals surface area contributed by atoms with E-state index in [1.54, 1.807) is 0 Å². The molecule has 22 heavy (non-hydrogen) atoms. The van der Waals surface area contributed by atoms with E-state index in [2.05, 4.69) is 24.4 Å². The van der Waals surface area contributed by atoms with Gasteiger partial charge >= 0.3 is 0 Å². The van der Waals surface area contributed by atoms with Crippen LogP contribution in [0.15, 0.2) is 24.6 Å². The summed E-state index contributed by atoms with van der Waals surface area (Å²) in [5.41, 5.74) is 0. The molecule has 3 heteroatoms. The minimum absolute atomic E-state index is 0.283. The van der Waals surface area contributed by atoms with Crippen LogP contribution >= 0.6 is 0 Å². The van der Waals surface area contributed by atoms with Crippen LogP contribution in [0, 0.1) is 0 Å². The van der Waals surface area contributed by atoms with Gasteiger partial charge in [0.15, 0.2) is 0 Å². The van der Waals surface area contributed by atoms with Gasteiger partial charge in [-0.2, -0.15) is 0 Å². The molecule has 2 unspecified atom stereocenters. The summed E-state index contributed by atoms with van der Waals surface area (Å²) in [5, 5.41) is 12.9. The van der Waals surface area contributed by atoms with E-state index in [0.717, 1.165) is 6.42 Å². The molecule has 3 nitrogen and oxygen atoms in total. The Kier molecular flexibility index (Phi) is 10.9. The molecule has 0 aromatic heterocycles. The minimum Gasteiger partial charge on any atom is -0.374 e. The molecule has 0 fully saturated rings. The number of allylic oxidation sites excluding steroid dienone is 2. The van der Waals surface area contributed by atoms with Crippen molar-refractivity contribution in [1.29, 1.82) is 0 Å². The second-order valence-electron chi connectivity index (χ2n) is 6.39. The summed E-state index contributed by atoms with van der Waals surface area (Å²) < 4.78 is 0. The second kappa shape index (κ2) is 12.6. The third-order valence-electron chi connectivity index (χ3n) is 4.32. The Morgan fingerprint density at radius 2 is 1.68 bits per heavy atom. The van der Waals surface area contributed by atoms with Crippen LogP contribution in [0.2, 0.25) is 0 Å². The summed E-state index contributed by atoms with van der Waals surface area (Å²) in [5.74, 6) is 0. The average molecular weight is 309 g/mol. The van der Waals surface area contributed by atoms with E-state index in [0.29, 0.717) is 0 Å². The van der Waals surface area contributed by atoms with Crippen LogP contribution in [0.25, 0.3) is 0 Å². The smallest absolute Gasteiger partial charge is 0.125 e. The number of rotatable bonds is 13. The summed E-state index contributed by atoms with van der Waals surface area (Å²) in [6.07, 6.45) is 22.7. The largest absolute Gasteiger partial charge is 0.374 e. The van der Waals surface area contributed by atoms with Crippen molar-refractivity contribution in [2.75, 3.05) is 0 Å². The van der Waals surface area contributed by atoms with Crippen LogP contribution < -0.4 is 5.32 Å². The normalized spacial score (nSPS) is 19.0. The van der Waals surface area contributed by atoms with E-state index < -0.39 is 6.23 Å². The zero-order valence-corrected chi connectivity index (χ0v) is 14.6. The SMILES string of the molecule is CCCCC/C=C/CCCCCCCC1NC=CN1C(C)O. The fourth-order valence-corrected chi connectivity index (χ4v) is 2.93. The van der Waals surface area contributed by atoms with Gasteiger partial charge in [-0.15, -0.1) is 0 Å². The Balaban J connectivity index is 1.88. The van der Waals surface area contributed by atoms with Crippen molar-refractivity contribution in [3.05, 3.63) is 24.6 Å². The van der Waals surface area contributed by atoms with Gasteiger partial charge < -0.3 is 15.3 Å². The monoisotopic (exact) mass is 308 g/mol. The lowest BCUT2D eigenvalue weighted by atomic mass is 10.1. The number of aliphatic hydroxyl groups is 1. The number of nitrogens with one attached hydrogen (secondary N) is 1. The van der Waals surface area contributed by atoms with E-state index in [1.807, 2.05) is 24.2 Å². The zero-order chi connectivity index (χ0) is 16.0. The van der Waals surface area contributed by atoms with E-state index in [-0.39, 0.29) is 6.17 Å². The van der Waals surface area contributed by atoms with Crippen LogP contribution in [-0.2, 0) is 0 Å². The van der Waals surface area contributed by atoms with Crippen LogP contribution in [0.4, 0.5) is 0 Å². The first-order valence-corrected chi connectivity index (χ1v) is 9.29. The van der Waals surface area contributed by atoms with Gasteiger partial charge in [0.2, 0.25) is 0 Å². The Labute approximate surface area is 137 Å². The van der Waals surface area contributed by atoms with Crippen LogP contribution in [0.3, 0.4) is 0 Å². The first kappa shape index (κ1) is 19.1. The quantitative estimate of drug-likeness (QED) is 0.375. The predicted molar refractivity (Wildman–Crippen MR) is 95.2 cm³/mol. The second-order valence-corrected chi connectivity index (χ2v) is 6.39. The van der Waals surface area contributed by atoms with Crippen LogP contribution in [-0.4, -0.2) is 22.4 Å². The number of unbranched alkanes of at least 4 members (excludes halogenated alkanes) is 8. The highest BCUT2D eigenvalue weighted by molar-refractivity contribution is 4.94. The fraction of sp³-hybridized carbons (Fsp3) is 0.789. The van der Waals surface area contributed by atoms with Gasteiger partial charge in [-0.1, -0.05) is 51.2 Å². The molecule has 1 heterocycles. The predicted octanol–water partition coefficient (Wildman–Crippen LogP) is 4.89. The first-order chi connectivity index (χ1) is 10.8. The van der Waals surface area contributed by atoms with E-state index in [4.69, 9.17) is 0 Å². The van der Waals surface area contributed by atoms with Gasteiger partial charge in [-0.25, -0.2) is 0 Å². The first-order valence-electron chi connectivity index (χ1n) is 9.29. The lowest BCUT2D eigenvalue weighted by Crippen LogP contribution is -2.40. The maximum Gasteiger partial charge on any atom is 0.125 e. The minimum atomic E-state index is -0.402. The van der Waals surface area contributed by atoms with Crippen LogP contribution in [0.5, 0.6) is 0 Å². The molecule has 0 bridgehead atoms. The molecule has 0 radical (unpaired) electrons. The van der Waals surface area contributed by atoms with Gasteiger partial charge in [0.05, 0.1) is 0 Å². The van der Waals surface area contributed by atoms with Crippen molar-refractivity contribution in [1.82, 2.24) is 10.2 Å². The van der Waals surface area contributed by atoms with E-state index in [1.165, 1.54) is 64.2 Å². The van der Waals surface area contributed by atoms with Crippen molar-refractivity contribution in [2.45, 2.75) is 96.9 Å². The van der Waals surface area contributed by atoms with Crippen molar-refractivity contribution >= 4 is 0 Å². The highest BCUT2D eigenvalue weighted by atomic mass is 16.3. The van der Waals surface area contributed by atoms with Crippen molar-refractivity contribution < 1.29 is 5.11 Å². The molecule has 0 aromatic carbocycles. The van der Waals surface area contributed by atoms with Gasteiger partial charge in [0.25, 0.3) is 0 Å². The number of hydrogen-bond donors (Lipinski definition) is 2. The van der Waals surface area contributed by atoms with Crippen molar-refractivity contribution in [3.8, 4) is 0 Å². The highest BCUT2D eigenvalue weighted by Crippen LogP contribution is 2.16. The van der Waals surface area contributed by atoms with Gasteiger partial charge in [0, 0.05) is 12.4 Å². The molecule has 1 rings (SSSR count). The van der Waals surface area contributed by atoms with Gasteiger partial charge in [-0.3, -0.25) is 0 Å². The molecule has 0 amide bonds. The Bertz CT molecular complexity index is 313. The summed E-state index contributed by atoms with van der Waals surface area (Å²) >= 11 is 0.